The van der Waals surface area contributed by atoms with Gasteiger partial charge in [-0.1, -0.05) is 27.2 Å². The van der Waals surface area contributed by atoms with Crippen LogP contribution in [-0.2, 0) is 9.53 Å². The van der Waals surface area contributed by atoms with E-state index in [1.165, 1.54) is 13.5 Å². The Labute approximate surface area is 75.3 Å². The summed E-state index contributed by atoms with van der Waals surface area (Å²) in [7, 11) is 1.44. The van der Waals surface area contributed by atoms with E-state index in [2.05, 4.69) is 25.5 Å². The molecule has 0 rings (SSSR count). The van der Waals surface area contributed by atoms with Crippen molar-refractivity contribution < 1.29 is 9.53 Å². The quantitative estimate of drug-likeness (QED) is 0.481. The number of carbonyl (C=O) groups excluding carboxylic acids is 1. The molecule has 0 N–H and O–H groups in total. The third kappa shape index (κ3) is 7.58. The summed E-state index contributed by atoms with van der Waals surface area (Å²) in [6.07, 6.45) is 3.79. The van der Waals surface area contributed by atoms with Gasteiger partial charge in [-0.3, -0.25) is 4.79 Å². The van der Waals surface area contributed by atoms with E-state index >= 15 is 0 Å². The van der Waals surface area contributed by atoms with Gasteiger partial charge in [0.2, 0.25) is 0 Å². The maximum absolute atomic E-state index is 10.7. The van der Waals surface area contributed by atoms with Gasteiger partial charge < -0.3 is 4.74 Å². The van der Waals surface area contributed by atoms with E-state index in [0.717, 1.165) is 12.8 Å². The van der Waals surface area contributed by atoms with Crippen LogP contribution in [-0.4, -0.2) is 13.1 Å². The van der Waals surface area contributed by atoms with Crippen LogP contribution in [0, 0.1) is 5.41 Å². The van der Waals surface area contributed by atoms with E-state index in [1.807, 2.05) is 0 Å². The highest BCUT2D eigenvalue weighted by Crippen LogP contribution is 2.21. The lowest BCUT2D eigenvalue weighted by atomic mass is 9.89. The fourth-order valence-corrected chi connectivity index (χ4v) is 1.03. The van der Waals surface area contributed by atoms with Crippen molar-refractivity contribution in [1.82, 2.24) is 0 Å². The van der Waals surface area contributed by atoms with Gasteiger partial charge in [0.15, 0.2) is 0 Å². The Bertz CT molecular complexity index is 133. The van der Waals surface area contributed by atoms with E-state index in [4.69, 9.17) is 0 Å². The zero-order chi connectivity index (χ0) is 9.61. The van der Waals surface area contributed by atoms with Crippen LogP contribution in [0.25, 0.3) is 0 Å². The van der Waals surface area contributed by atoms with E-state index in [-0.39, 0.29) is 5.97 Å². The van der Waals surface area contributed by atoms with Crippen LogP contribution in [0.15, 0.2) is 0 Å². The van der Waals surface area contributed by atoms with Gasteiger partial charge in [-0.15, -0.1) is 0 Å². The molecule has 0 heterocycles. The zero-order valence-corrected chi connectivity index (χ0v) is 8.64. The summed E-state index contributed by atoms with van der Waals surface area (Å²) in [4.78, 5) is 10.7. The van der Waals surface area contributed by atoms with Gasteiger partial charge in [0, 0.05) is 6.42 Å². The average molecular weight is 172 g/mol. The van der Waals surface area contributed by atoms with E-state index in [0.29, 0.717) is 11.8 Å². The molecule has 0 aromatic rings. The van der Waals surface area contributed by atoms with Crippen LogP contribution < -0.4 is 0 Å². The largest absolute Gasteiger partial charge is 0.469 e. The standard InChI is InChI=1S/C10H20O2/c1-10(2,3)8-6-5-7-9(11)12-4/h5-8H2,1-4H3. The Morgan fingerprint density at radius 3 is 2.25 bits per heavy atom. The summed E-state index contributed by atoms with van der Waals surface area (Å²) in [5, 5.41) is 0. The number of hydrogen-bond acceptors (Lipinski definition) is 2. The second-order valence-electron chi connectivity index (χ2n) is 4.34. The molecule has 0 spiro atoms. The topological polar surface area (TPSA) is 26.3 Å². The second kappa shape index (κ2) is 5.18. The molecule has 0 aliphatic heterocycles. The Morgan fingerprint density at radius 1 is 1.25 bits per heavy atom. The number of esters is 1. The van der Waals surface area contributed by atoms with Crippen molar-refractivity contribution in [3.63, 3.8) is 0 Å². The third-order valence-corrected chi connectivity index (χ3v) is 1.79. The van der Waals surface area contributed by atoms with Crippen LogP contribution in [0.5, 0.6) is 0 Å². The molecule has 0 aliphatic carbocycles. The molecule has 0 bridgehead atoms. The van der Waals surface area contributed by atoms with Gasteiger partial charge in [0.25, 0.3) is 0 Å². The fourth-order valence-electron chi connectivity index (χ4n) is 1.03. The first-order valence-corrected chi connectivity index (χ1v) is 4.52. The lowest BCUT2D eigenvalue weighted by molar-refractivity contribution is -0.140. The summed E-state index contributed by atoms with van der Waals surface area (Å²) in [5.41, 5.74) is 0.385. The Morgan fingerprint density at radius 2 is 1.83 bits per heavy atom. The predicted octanol–water partition coefficient (Wildman–Crippen LogP) is 2.77. The first-order valence-electron chi connectivity index (χ1n) is 4.52. The summed E-state index contributed by atoms with van der Waals surface area (Å²) in [6.45, 7) is 6.64. The number of carbonyl (C=O) groups is 1. The monoisotopic (exact) mass is 172 g/mol. The normalized spacial score (nSPS) is 11.3. The molecule has 0 saturated heterocycles. The van der Waals surface area contributed by atoms with Gasteiger partial charge in [-0.05, 0) is 18.3 Å². The first-order chi connectivity index (χ1) is 5.45. The van der Waals surface area contributed by atoms with Crippen LogP contribution in [0.3, 0.4) is 0 Å². The first kappa shape index (κ1) is 11.5. The van der Waals surface area contributed by atoms with E-state index in [1.54, 1.807) is 0 Å². The number of methoxy groups -OCH3 is 1. The smallest absolute Gasteiger partial charge is 0.305 e. The molecule has 0 aliphatic rings. The highest BCUT2D eigenvalue weighted by atomic mass is 16.5. The lowest BCUT2D eigenvalue weighted by Crippen LogP contribution is -2.05. The van der Waals surface area contributed by atoms with Gasteiger partial charge in [-0.25, -0.2) is 0 Å². The molecule has 0 amide bonds. The Balaban J connectivity index is 3.28. The Kier molecular flexibility index (Phi) is 4.95. The van der Waals surface area contributed by atoms with Crippen LogP contribution in [0.2, 0.25) is 0 Å². The van der Waals surface area contributed by atoms with Crippen LogP contribution in [0.1, 0.15) is 46.5 Å². The van der Waals surface area contributed by atoms with Gasteiger partial charge >= 0.3 is 5.97 Å². The molecule has 0 radical (unpaired) electrons. The number of rotatable bonds is 4. The molecule has 12 heavy (non-hydrogen) atoms. The van der Waals surface area contributed by atoms with Crippen molar-refractivity contribution in [3.8, 4) is 0 Å². The molecular formula is C10H20O2. The van der Waals surface area contributed by atoms with E-state index in [9.17, 15) is 4.79 Å². The number of unbranched alkanes of at least 4 members (excludes halogenated alkanes) is 1. The molecular weight excluding hydrogens is 152 g/mol. The van der Waals surface area contributed by atoms with Gasteiger partial charge in [-0.2, -0.15) is 0 Å². The maximum atomic E-state index is 10.7. The molecule has 0 unspecified atom stereocenters. The summed E-state index contributed by atoms with van der Waals surface area (Å²) >= 11 is 0. The van der Waals surface area contributed by atoms with Crippen molar-refractivity contribution in [2.75, 3.05) is 7.11 Å². The zero-order valence-electron chi connectivity index (χ0n) is 8.64. The minimum atomic E-state index is -0.0936. The molecule has 2 heteroatoms. The number of hydrogen-bond donors (Lipinski definition) is 0. The minimum Gasteiger partial charge on any atom is -0.469 e. The molecule has 0 aromatic heterocycles. The summed E-state index contributed by atoms with van der Waals surface area (Å²) in [6, 6.07) is 0. The minimum absolute atomic E-state index is 0.0936. The van der Waals surface area contributed by atoms with E-state index < -0.39 is 0 Å². The summed E-state index contributed by atoms with van der Waals surface area (Å²) in [5.74, 6) is -0.0936. The number of ether oxygens (including phenoxy) is 1. The SMILES string of the molecule is COC(=O)CCCCC(C)(C)C. The van der Waals surface area contributed by atoms with Crippen molar-refractivity contribution in [2.45, 2.75) is 46.5 Å². The second-order valence-corrected chi connectivity index (χ2v) is 4.34. The van der Waals surface area contributed by atoms with Gasteiger partial charge in [0.05, 0.1) is 7.11 Å². The third-order valence-electron chi connectivity index (χ3n) is 1.79. The average Bonchev–Trinajstić information content (AvgIpc) is 1.96. The van der Waals surface area contributed by atoms with Crippen molar-refractivity contribution in [1.29, 1.82) is 0 Å². The van der Waals surface area contributed by atoms with Crippen molar-refractivity contribution in [3.05, 3.63) is 0 Å². The highest BCUT2D eigenvalue weighted by Gasteiger charge is 2.09. The molecule has 0 saturated carbocycles. The molecule has 0 aromatic carbocycles. The lowest BCUT2D eigenvalue weighted by Gasteiger charge is -2.17. The Hall–Kier alpha value is -0.530. The molecule has 0 atom stereocenters. The van der Waals surface area contributed by atoms with Crippen molar-refractivity contribution in [2.24, 2.45) is 5.41 Å². The highest BCUT2D eigenvalue weighted by molar-refractivity contribution is 5.68. The van der Waals surface area contributed by atoms with Crippen LogP contribution in [0.4, 0.5) is 0 Å². The van der Waals surface area contributed by atoms with Gasteiger partial charge in [0.1, 0.15) is 0 Å². The van der Waals surface area contributed by atoms with Crippen LogP contribution >= 0.6 is 0 Å². The fraction of sp³-hybridized carbons (Fsp3) is 0.900. The van der Waals surface area contributed by atoms with Crippen molar-refractivity contribution >= 4 is 5.97 Å². The maximum Gasteiger partial charge on any atom is 0.305 e. The molecule has 72 valence electrons. The molecule has 0 fully saturated rings. The predicted molar refractivity (Wildman–Crippen MR) is 49.9 cm³/mol. The summed E-state index contributed by atoms with van der Waals surface area (Å²) < 4.78 is 4.54. The molecule has 2 nitrogen and oxygen atoms in total.